The van der Waals surface area contributed by atoms with Gasteiger partial charge in [-0.05, 0) is 11.6 Å². The maximum Gasteiger partial charge on any atom is 0.280 e. The Morgan fingerprint density at radius 1 is 1.54 bits per heavy atom. The van der Waals surface area contributed by atoms with Crippen molar-refractivity contribution in [2.24, 2.45) is 0 Å². The number of imidazole rings is 1. The summed E-state index contributed by atoms with van der Waals surface area (Å²) in [6, 6.07) is 0. The van der Waals surface area contributed by atoms with E-state index >= 15 is 0 Å². The summed E-state index contributed by atoms with van der Waals surface area (Å²) in [5.74, 6) is 0. The Morgan fingerprint density at radius 2 is 2.23 bits per heavy atom. The zero-order valence-electron chi connectivity index (χ0n) is 5.81. The van der Waals surface area contributed by atoms with Crippen LogP contribution in [-0.2, 0) is 9.05 Å². The van der Waals surface area contributed by atoms with Gasteiger partial charge in [-0.3, -0.25) is 0 Å². The Morgan fingerprint density at radius 3 is 2.85 bits per heavy atom. The molecule has 13 heavy (non-hydrogen) atoms. The lowest BCUT2D eigenvalue weighted by molar-refractivity contribution is 0.602. The van der Waals surface area contributed by atoms with Gasteiger partial charge in [0, 0.05) is 10.7 Å². The molecule has 2 aromatic rings. The minimum Gasteiger partial charge on any atom is -0.225 e. The summed E-state index contributed by atoms with van der Waals surface area (Å²) in [6.07, 6.45) is 1.14. The molecule has 9 heteroatoms. The number of halogens is 2. The van der Waals surface area contributed by atoms with Crippen LogP contribution in [0.5, 0.6) is 0 Å². The third kappa shape index (κ3) is 1.52. The normalized spacial score (nSPS) is 12.5. The number of hydrogen-bond donors (Lipinski definition) is 0. The van der Waals surface area contributed by atoms with Crippen LogP contribution < -0.4 is 0 Å². The summed E-state index contributed by atoms with van der Waals surface area (Å²) in [5, 5.41) is 3.54. The lowest BCUT2D eigenvalue weighted by atomic mass is 10.9. The Labute approximate surface area is 86.3 Å². The highest BCUT2D eigenvalue weighted by Gasteiger charge is 2.18. The van der Waals surface area contributed by atoms with Crippen LogP contribution in [0.2, 0.25) is 4.47 Å². The van der Waals surface area contributed by atoms with E-state index in [2.05, 4.69) is 10.1 Å². The van der Waals surface area contributed by atoms with Crippen molar-refractivity contribution in [3.8, 4) is 0 Å². The van der Waals surface area contributed by atoms with Crippen molar-refractivity contribution in [1.82, 2.24) is 14.6 Å². The molecule has 0 radical (unpaired) electrons. The van der Waals surface area contributed by atoms with Crippen LogP contribution in [0.25, 0.3) is 4.96 Å². The molecule has 2 rings (SSSR count). The quantitative estimate of drug-likeness (QED) is 0.724. The first-order valence-electron chi connectivity index (χ1n) is 2.93. The van der Waals surface area contributed by atoms with Gasteiger partial charge in [0.2, 0.25) is 9.43 Å². The van der Waals surface area contributed by atoms with E-state index in [1.807, 2.05) is 0 Å². The monoisotopic (exact) mass is 257 g/mol. The minimum absolute atomic E-state index is 0.174. The summed E-state index contributed by atoms with van der Waals surface area (Å²) in [5.41, 5.74) is 0. The molecule has 0 atom stereocenters. The number of nitrogens with zero attached hydrogens (tertiary/aromatic N) is 3. The molecule has 0 fully saturated rings. The van der Waals surface area contributed by atoms with Crippen LogP contribution in [0.1, 0.15) is 0 Å². The van der Waals surface area contributed by atoms with Crippen LogP contribution in [0, 0.1) is 0 Å². The smallest absolute Gasteiger partial charge is 0.225 e. The molecule has 2 aromatic heterocycles. The van der Waals surface area contributed by atoms with Gasteiger partial charge in [0.15, 0.2) is 5.03 Å². The third-order valence-corrected chi connectivity index (χ3v) is 3.55. The second kappa shape index (κ2) is 2.81. The summed E-state index contributed by atoms with van der Waals surface area (Å²) in [6.45, 7) is 0. The molecule has 70 valence electrons. The molecule has 0 saturated carbocycles. The van der Waals surface area contributed by atoms with Crippen molar-refractivity contribution in [2.75, 3.05) is 0 Å². The van der Waals surface area contributed by atoms with E-state index in [0.29, 0.717) is 4.96 Å². The summed E-state index contributed by atoms with van der Waals surface area (Å²) < 4.78 is 23.2. The second-order valence-corrected chi connectivity index (χ2v) is 6.13. The fraction of sp³-hybridized carbons (Fsp3) is 0. The molecule has 0 unspecified atom stereocenters. The SMILES string of the molecule is O=S(=O)(Cl)c1cnc2sc(Cl)nn12. The average Bonchev–Trinajstić information content (AvgIpc) is 2.41. The first-order valence-corrected chi connectivity index (χ1v) is 6.43. The molecule has 0 aliphatic rings. The van der Waals surface area contributed by atoms with Gasteiger partial charge in [-0.1, -0.05) is 11.3 Å². The molecule has 0 saturated heterocycles. The van der Waals surface area contributed by atoms with E-state index in [1.165, 1.54) is 0 Å². The summed E-state index contributed by atoms with van der Waals surface area (Å²) in [4.78, 5) is 4.17. The Hall–Kier alpha value is -0.370. The summed E-state index contributed by atoms with van der Waals surface area (Å²) in [7, 11) is 1.31. The van der Waals surface area contributed by atoms with Gasteiger partial charge in [0.25, 0.3) is 9.05 Å². The van der Waals surface area contributed by atoms with Crippen molar-refractivity contribution in [1.29, 1.82) is 0 Å². The number of aromatic nitrogens is 3. The first kappa shape index (κ1) is 9.20. The van der Waals surface area contributed by atoms with Gasteiger partial charge >= 0.3 is 0 Å². The van der Waals surface area contributed by atoms with Gasteiger partial charge in [0.05, 0.1) is 6.20 Å². The van der Waals surface area contributed by atoms with Crippen molar-refractivity contribution < 1.29 is 8.42 Å². The topological polar surface area (TPSA) is 64.3 Å². The number of hydrogen-bond acceptors (Lipinski definition) is 5. The van der Waals surface area contributed by atoms with E-state index in [1.54, 1.807) is 0 Å². The summed E-state index contributed by atoms with van der Waals surface area (Å²) >= 11 is 6.63. The van der Waals surface area contributed by atoms with Crippen molar-refractivity contribution in [2.45, 2.75) is 5.03 Å². The van der Waals surface area contributed by atoms with Gasteiger partial charge in [-0.2, -0.15) is 4.52 Å². The van der Waals surface area contributed by atoms with Crippen LogP contribution in [-0.4, -0.2) is 23.0 Å². The molecule has 2 heterocycles. The lowest BCUT2D eigenvalue weighted by Crippen LogP contribution is -1.96. The molecule has 0 amide bonds. The third-order valence-electron chi connectivity index (χ3n) is 1.28. The van der Waals surface area contributed by atoms with Crippen LogP contribution in [0.4, 0.5) is 0 Å². The van der Waals surface area contributed by atoms with Gasteiger partial charge in [-0.15, -0.1) is 5.10 Å². The Balaban J connectivity index is 2.84. The lowest BCUT2D eigenvalue weighted by Gasteiger charge is -1.88. The molecular weight excluding hydrogens is 257 g/mol. The second-order valence-electron chi connectivity index (χ2n) is 2.08. The highest BCUT2D eigenvalue weighted by Crippen LogP contribution is 2.23. The van der Waals surface area contributed by atoms with Crippen LogP contribution in [0.3, 0.4) is 0 Å². The molecule has 5 nitrogen and oxygen atoms in total. The molecule has 0 N–H and O–H groups in total. The average molecular weight is 258 g/mol. The number of rotatable bonds is 1. The van der Waals surface area contributed by atoms with E-state index in [9.17, 15) is 8.42 Å². The Bertz CT molecular complexity index is 557. The Kier molecular flexibility index (Phi) is 1.99. The number of fused-ring (bicyclic) bond motifs is 1. The minimum atomic E-state index is -3.81. The van der Waals surface area contributed by atoms with Gasteiger partial charge in [-0.25, -0.2) is 13.4 Å². The van der Waals surface area contributed by atoms with Crippen molar-refractivity contribution in [3.63, 3.8) is 0 Å². The van der Waals surface area contributed by atoms with E-state index in [4.69, 9.17) is 22.3 Å². The maximum absolute atomic E-state index is 10.9. The first-order chi connectivity index (χ1) is 5.98. The highest BCUT2D eigenvalue weighted by atomic mass is 35.7. The largest absolute Gasteiger partial charge is 0.280 e. The fourth-order valence-electron chi connectivity index (χ4n) is 0.816. The molecule has 0 spiro atoms. The van der Waals surface area contributed by atoms with E-state index < -0.39 is 9.05 Å². The van der Waals surface area contributed by atoms with Gasteiger partial charge in [0.1, 0.15) is 0 Å². The van der Waals surface area contributed by atoms with Crippen molar-refractivity contribution >= 4 is 47.6 Å². The predicted octanol–water partition coefficient (Wildman–Crippen LogP) is 1.37. The molecular formula is C4HCl2N3O2S2. The highest BCUT2D eigenvalue weighted by molar-refractivity contribution is 8.13. The molecule has 0 aromatic carbocycles. The fourth-order valence-corrected chi connectivity index (χ4v) is 2.59. The van der Waals surface area contributed by atoms with Crippen molar-refractivity contribution in [3.05, 3.63) is 10.7 Å². The van der Waals surface area contributed by atoms with E-state index in [0.717, 1.165) is 22.0 Å². The zero-order valence-corrected chi connectivity index (χ0v) is 8.95. The van der Waals surface area contributed by atoms with E-state index in [-0.39, 0.29) is 9.49 Å². The van der Waals surface area contributed by atoms with Crippen LogP contribution >= 0.6 is 33.6 Å². The zero-order chi connectivity index (χ0) is 9.64. The maximum atomic E-state index is 10.9. The van der Waals surface area contributed by atoms with Crippen LogP contribution in [0.15, 0.2) is 11.2 Å². The van der Waals surface area contributed by atoms with Gasteiger partial charge < -0.3 is 0 Å². The standard InChI is InChI=1S/C4HCl2N3O2S2/c5-3-8-9-2(13(6,10)11)1-7-4(9)12-3/h1H. The molecule has 0 aliphatic heterocycles. The molecule has 0 aliphatic carbocycles. The predicted molar refractivity (Wildman–Crippen MR) is 48.9 cm³/mol. The molecule has 0 bridgehead atoms.